The molecule has 0 aromatic heterocycles. The lowest BCUT2D eigenvalue weighted by Crippen LogP contribution is -2.46. The SMILES string of the molecule is CC1CCC(N(CC2CCCO2)C(=O)CC(C)C2CCNCC2)CC1.Cl. The summed E-state index contributed by atoms with van der Waals surface area (Å²) in [5.74, 6) is 2.43. The van der Waals surface area contributed by atoms with Gasteiger partial charge in [-0.1, -0.05) is 13.8 Å². The highest BCUT2D eigenvalue weighted by Crippen LogP contribution is 2.31. The van der Waals surface area contributed by atoms with Crippen molar-refractivity contribution in [1.82, 2.24) is 10.2 Å². The lowest BCUT2D eigenvalue weighted by atomic mass is 9.83. The minimum absolute atomic E-state index is 0. The summed E-state index contributed by atoms with van der Waals surface area (Å²) in [7, 11) is 0. The summed E-state index contributed by atoms with van der Waals surface area (Å²) in [4.78, 5) is 15.5. The molecule has 5 heteroatoms. The smallest absolute Gasteiger partial charge is 0.223 e. The second-order valence-corrected chi connectivity index (χ2v) is 8.86. The summed E-state index contributed by atoms with van der Waals surface area (Å²) in [6.07, 6.45) is 10.6. The van der Waals surface area contributed by atoms with Crippen LogP contribution in [0.4, 0.5) is 0 Å². The van der Waals surface area contributed by atoms with Crippen LogP contribution in [0.2, 0.25) is 0 Å². The fourth-order valence-electron chi connectivity index (χ4n) is 4.99. The van der Waals surface area contributed by atoms with Gasteiger partial charge in [0.1, 0.15) is 0 Å². The molecule has 3 rings (SSSR count). The Kier molecular flexibility index (Phi) is 9.19. The maximum Gasteiger partial charge on any atom is 0.223 e. The number of hydrogen-bond donors (Lipinski definition) is 1. The molecule has 2 atom stereocenters. The summed E-state index contributed by atoms with van der Waals surface area (Å²) in [6.45, 7) is 8.58. The Balaban J connectivity index is 0.00000243. The van der Waals surface area contributed by atoms with Gasteiger partial charge >= 0.3 is 0 Å². The molecule has 3 fully saturated rings. The van der Waals surface area contributed by atoms with Crippen LogP contribution in [0.15, 0.2) is 0 Å². The van der Waals surface area contributed by atoms with E-state index in [2.05, 4.69) is 24.1 Å². The van der Waals surface area contributed by atoms with Gasteiger partial charge in [-0.2, -0.15) is 0 Å². The third kappa shape index (κ3) is 6.10. The molecule has 2 saturated heterocycles. The first kappa shape index (κ1) is 22.0. The molecule has 0 bridgehead atoms. The number of piperidine rings is 1. The van der Waals surface area contributed by atoms with Crippen molar-refractivity contribution in [2.45, 2.75) is 83.8 Å². The largest absolute Gasteiger partial charge is 0.376 e. The monoisotopic (exact) mass is 386 g/mol. The Morgan fingerprint density at radius 1 is 1.12 bits per heavy atom. The number of amides is 1. The third-order valence-electron chi connectivity index (χ3n) is 6.86. The van der Waals surface area contributed by atoms with Crippen molar-refractivity contribution in [3.63, 3.8) is 0 Å². The maximum absolute atomic E-state index is 13.2. The van der Waals surface area contributed by atoms with Gasteiger partial charge in [-0.15, -0.1) is 12.4 Å². The van der Waals surface area contributed by atoms with Gasteiger partial charge in [0.2, 0.25) is 5.91 Å². The van der Waals surface area contributed by atoms with E-state index < -0.39 is 0 Å². The Morgan fingerprint density at radius 3 is 2.42 bits per heavy atom. The standard InChI is InChI=1S/C21H38N2O2.ClH/c1-16-5-7-19(8-6-16)23(15-20-4-3-13-25-20)21(24)14-17(2)18-9-11-22-12-10-18;/h16-20,22H,3-15H2,1-2H3;1H. The minimum Gasteiger partial charge on any atom is -0.376 e. The van der Waals surface area contributed by atoms with Crippen LogP contribution in [0, 0.1) is 17.8 Å². The molecule has 4 nitrogen and oxygen atoms in total. The van der Waals surface area contributed by atoms with Gasteiger partial charge in [0, 0.05) is 25.6 Å². The number of carbonyl (C=O) groups excluding carboxylic acids is 1. The highest BCUT2D eigenvalue weighted by atomic mass is 35.5. The first-order valence-corrected chi connectivity index (χ1v) is 10.7. The molecule has 0 aromatic rings. The fraction of sp³-hybridized carbons (Fsp3) is 0.952. The van der Waals surface area contributed by atoms with Crippen molar-refractivity contribution in [3.05, 3.63) is 0 Å². The van der Waals surface area contributed by atoms with E-state index in [1.54, 1.807) is 0 Å². The Labute approximate surface area is 166 Å². The molecule has 1 N–H and O–H groups in total. The van der Waals surface area contributed by atoms with E-state index in [0.29, 0.717) is 23.8 Å². The van der Waals surface area contributed by atoms with Crippen molar-refractivity contribution in [2.75, 3.05) is 26.2 Å². The second kappa shape index (κ2) is 10.9. The van der Waals surface area contributed by atoms with Gasteiger partial charge in [0.15, 0.2) is 0 Å². The van der Waals surface area contributed by atoms with E-state index >= 15 is 0 Å². The Hall–Kier alpha value is -0.320. The zero-order chi connectivity index (χ0) is 17.6. The van der Waals surface area contributed by atoms with E-state index in [0.717, 1.165) is 51.4 Å². The van der Waals surface area contributed by atoms with Crippen LogP contribution in [0.1, 0.15) is 71.6 Å². The number of nitrogens with zero attached hydrogens (tertiary/aromatic N) is 1. The molecule has 152 valence electrons. The topological polar surface area (TPSA) is 41.6 Å². The zero-order valence-corrected chi connectivity index (χ0v) is 17.6. The lowest BCUT2D eigenvalue weighted by Gasteiger charge is -2.38. The quantitative estimate of drug-likeness (QED) is 0.749. The number of hydrogen-bond acceptors (Lipinski definition) is 3. The summed E-state index contributed by atoms with van der Waals surface area (Å²) >= 11 is 0. The fourth-order valence-corrected chi connectivity index (χ4v) is 4.99. The van der Waals surface area contributed by atoms with E-state index in [4.69, 9.17) is 4.74 Å². The van der Waals surface area contributed by atoms with Gasteiger partial charge in [-0.3, -0.25) is 4.79 Å². The number of nitrogens with one attached hydrogen (secondary N) is 1. The van der Waals surface area contributed by atoms with Crippen molar-refractivity contribution in [2.24, 2.45) is 17.8 Å². The maximum atomic E-state index is 13.2. The number of carbonyl (C=O) groups is 1. The zero-order valence-electron chi connectivity index (χ0n) is 16.8. The average Bonchev–Trinajstić information content (AvgIpc) is 3.14. The van der Waals surface area contributed by atoms with Crippen molar-refractivity contribution in [1.29, 1.82) is 0 Å². The molecule has 0 spiro atoms. The summed E-state index contributed by atoms with van der Waals surface area (Å²) in [6, 6.07) is 0.452. The molecule has 1 aliphatic carbocycles. The molecule has 3 aliphatic rings. The number of rotatable bonds is 6. The minimum atomic E-state index is 0. The molecule has 2 unspecified atom stereocenters. The van der Waals surface area contributed by atoms with Crippen LogP contribution < -0.4 is 5.32 Å². The predicted octanol–water partition coefficient (Wildman–Crippen LogP) is 4.02. The summed E-state index contributed by atoms with van der Waals surface area (Å²) in [5.41, 5.74) is 0. The molecular weight excluding hydrogens is 348 g/mol. The van der Waals surface area contributed by atoms with Crippen LogP contribution in [0.3, 0.4) is 0 Å². The molecular formula is C21H39ClN2O2. The van der Waals surface area contributed by atoms with Crippen molar-refractivity contribution >= 4 is 18.3 Å². The van der Waals surface area contributed by atoms with Gasteiger partial charge < -0.3 is 15.0 Å². The first-order chi connectivity index (χ1) is 12.1. The van der Waals surface area contributed by atoms with E-state index in [1.165, 1.54) is 38.5 Å². The van der Waals surface area contributed by atoms with Crippen LogP contribution in [0.5, 0.6) is 0 Å². The molecule has 2 aliphatic heterocycles. The van der Waals surface area contributed by atoms with Crippen LogP contribution >= 0.6 is 12.4 Å². The van der Waals surface area contributed by atoms with E-state index in [9.17, 15) is 4.79 Å². The summed E-state index contributed by atoms with van der Waals surface area (Å²) < 4.78 is 5.86. The Bertz CT molecular complexity index is 414. The van der Waals surface area contributed by atoms with E-state index in [-0.39, 0.29) is 18.5 Å². The van der Waals surface area contributed by atoms with Crippen molar-refractivity contribution in [3.8, 4) is 0 Å². The highest BCUT2D eigenvalue weighted by Gasteiger charge is 2.32. The first-order valence-electron chi connectivity index (χ1n) is 10.7. The van der Waals surface area contributed by atoms with Crippen molar-refractivity contribution < 1.29 is 9.53 Å². The molecule has 0 aromatic carbocycles. The molecule has 2 heterocycles. The lowest BCUT2D eigenvalue weighted by molar-refractivity contribution is -0.137. The molecule has 0 radical (unpaired) electrons. The third-order valence-corrected chi connectivity index (χ3v) is 6.86. The van der Waals surface area contributed by atoms with Gasteiger partial charge in [-0.25, -0.2) is 0 Å². The molecule has 1 amide bonds. The number of ether oxygens (including phenoxy) is 1. The molecule has 26 heavy (non-hydrogen) atoms. The van der Waals surface area contributed by atoms with Crippen LogP contribution in [0.25, 0.3) is 0 Å². The average molecular weight is 387 g/mol. The normalized spacial score (nSPS) is 31.2. The van der Waals surface area contributed by atoms with Gasteiger partial charge in [-0.05, 0) is 82.2 Å². The predicted molar refractivity (Wildman–Crippen MR) is 109 cm³/mol. The second-order valence-electron chi connectivity index (χ2n) is 8.86. The summed E-state index contributed by atoms with van der Waals surface area (Å²) in [5, 5.41) is 3.44. The van der Waals surface area contributed by atoms with E-state index in [1.807, 2.05) is 0 Å². The molecule has 1 saturated carbocycles. The van der Waals surface area contributed by atoms with Crippen LogP contribution in [-0.4, -0.2) is 49.2 Å². The van der Waals surface area contributed by atoms with Crippen LogP contribution in [-0.2, 0) is 9.53 Å². The highest BCUT2D eigenvalue weighted by molar-refractivity contribution is 5.85. The van der Waals surface area contributed by atoms with Gasteiger partial charge in [0.05, 0.1) is 6.10 Å². The van der Waals surface area contributed by atoms with Gasteiger partial charge in [0.25, 0.3) is 0 Å². The number of halogens is 1. The Morgan fingerprint density at radius 2 is 1.81 bits per heavy atom.